The number of hydrogen-bond donors (Lipinski definition) is 2. The van der Waals surface area contributed by atoms with Crippen molar-refractivity contribution in [2.24, 2.45) is 11.8 Å². The van der Waals surface area contributed by atoms with Crippen LogP contribution < -0.4 is 11.3 Å². The molecule has 2 rings (SSSR count). The highest BCUT2D eigenvalue weighted by atomic mass is 16.2. The largest absolute Gasteiger partial charge is 0.298 e. The van der Waals surface area contributed by atoms with Crippen LogP contribution in [-0.2, 0) is 6.54 Å². The number of nitrogens with two attached hydrogens (primary N) is 1. The van der Waals surface area contributed by atoms with Gasteiger partial charge in [-0.3, -0.25) is 15.1 Å². The van der Waals surface area contributed by atoms with E-state index in [1.807, 2.05) is 12.1 Å². The van der Waals surface area contributed by atoms with Gasteiger partial charge in [-0.05, 0) is 50.8 Å². The van der Waals surface area contributed by atoms with Crippen molar-refractivity contribution in [1.29, 1.82) is 0 Å². The summed E-state index contributed by atoms with van der Waals surface area (Å²) in [7, 11) is 2.15. The molecule has 1 amide bonds. The van der Waals surface area contributed by atoms with Crippen LogP contribution in [-0.4, -0.2) is 28.9 Å². The average molecular weight is 290 g/mol. The van der Waals surface area contributed by atoms with Gasteiger partial charge in [-0.2, -0.15) is 0 Å². The minimum atomic E-state index is -0.344. The first-order valence-corrected chi connectivity index (χ1v) is 7.81. The maximum Gasteiger partial charge on any atom is 0.283 e. The summed E-state index contributed by atoms with van der Waals surface area (Å²) < 4.78 is 0. The van der Waals surface area contributed by atoms with Crippen LogP contribution in [0.4, 0.5) is 0 Å². The van der Waals surface area contributed by atoms with Crippen LogP contribution >= 0.6 is 0 Å². The quantitative estimate of drug-likeness (QED) is 0.495. The fourth-order valence-corrected chi connectivity index (χ4v) is 3.15. The molecule has 0 bridgehead atoms. The Hall–Kier alpha value is -1.46. The van der Waals surface area contributed by atoms with Crippen molar-refractivity contribution in [3.8, 4) is 0 Å². The van der Waals surface area contributed by atoms with E-state index in [4.69, 9.17) is 5.84 Å². The van der Waals surface area contributed by atoms with Gasteiger partial charge in [0.05, 0.1) is 5.69 Å². The Kier molecular flexibility index (Phi) is 5.70. The van der Waals surface area contributed by atoms with E-state index < -0.39 is 0 Å². The van der Waals surface area contributed by atoms with Crippen LogP contribution in [0.2, 0.25) is 0 Å². The summed E-state index contributed by atoms with van der Waals surface area (Å²) in [6.07, 6.45) is 6.48. The topological polar surface area (TPSA) is 71.2 Å². The Balaban J connectivity index is 1.93. The van der Waals surface area contributed by atoms with E-state index in [0.29, 0.717) is 11.7 Å². The fourth-order valence-electron chi connectivity index (χ4n) is 3.15. The fraction of sp³-hybridized carbons (Fsp3) is 0.625. The summed E-state index contributed by atoms with van der Waals surface area (Å²) in [4.78, 5) is 18.2. The third-order valence-corrected chi connectivity index (χ3v) is 4.60. The zero-order chi connectivity index (χ0) is 15.2. The Morgan fingerprint density at radius 1 is 1.38 bits per heavy atom. The first-order chi connectivity index (χ1) is 10.1. The smallest absolute Gasteiger partial charge is 0.283 e. The maximum absolute atomic E-state index is 11.5. The normalized spacial score (nSPS) is 22.3. The number of amides is 1. The first-order valence-electron chi connectivity index (χ1n) is 7.81. The molecule has 1 aromatic rings. The molecule has 1 heterocycles. The second-order valence-electron chi connectivity index (χ2n) is 5.99. The third kappa shape index (κ3) is 4.25. The highest BCUT2D eigenvalue weighted by Gasteiger charge is 2.23. The van der Waals surface area contributed by atoms with Crippen molar-refractivity contribution in [3.63, 3.8) is 0 Å². The molecular formula is C16H26N4O. The SMILES string of the molecule is CCC1CCC(N(C)Cc2cccc(C(=O)NN)n2)CC1. The lowest BCUT2D eigenvalue weighted by Crippen LogP contribution is -2.35. The lowest BCUT2D eigenvalue weighted by molar-refractivity contribution is 0.0948. The summed E-state index contributed by atoms with van der Waals surface area (Å²) in [5.41, 5.74) is 3.41. The Morgan fingerprint density at radius 2 is 2.10 bits per heavy atom. The van der Waals surface area contributed by atoms with Crippen molar-refractivity contribution < 1.29 is 4.79 Å². The lowest BCUT2D eigenvalue weighted by Gasteiger charge is -2.34. The van der Waals surface area contributed by atoms with Crippen LogP contribution in [0.5, 0.6) is 0 Å². The number of hydrazine groups is 1. The zero-order valence-corrected chi connectivity index (χ0v) is 13.0. The molecule has 0 aliphatic heterocycles. The summed E-state index contributed by atoms with van der Waals surface area (Å²) in [5.74, 6) is 5.71. The van der Waals surface area contributed by atoms with Crippen LogP contribution in [0.15, 0.2) is 18.2 Å². The second-order valence-corrected chi connectivity index (χ2v) is 5.99. The third-order valence-electron chi connectivity index (χ3n) is 4.60. The van der Waals surface area contributed by atoms with Gasteiger partial charge in [0.25, 0.3) is 5.91 Å². The molecule has 0 aromatic carbocycles. The molecule has 0 spiro atoms. The molecule has 0 saturated heterocycles. The number of carbonyl (C=O) groups excluding carboxylic acids is 1. The molecule has 1 fully saturated rings. The highest BCUT2D eigenvalue weighted by molar-refractivity contribution is 5.91. The number of rotatable bonds is 5. The van der Waals surface area contributed by atoms with Gasteiger partial charge in [0, 0.05) is 12.6 Å². The minimum absolute atomic E-state index is 0.344. The highest BCUT2D eigenvalue weighted by Crippen LogP contribution is 2.29. The van der Waals surface area contributed by atoms with Gasteiger partial charge in [0.2, 0.25) is 0 Å². The predicted octanol–water partition coefficient (Wildman–Crippen LogP) is 2.09. The van der Waals surface area contributed by atoms with E-state index in [1.54, 1.807) is 6.07 Å². The van der Waals surface area contributed by atoms with Gasteiger partial charge in [0.1, 0.15) is 5.69 Å². The van der Waals surface area contributed by atoms with Crippen LogP contribution in [0.3, 0.4) is 0 Å². The Labute approximate surface area is 126 Å². The number of pyridine rings is 1. The van der Waals surface area contributed by atoms with Gasteiger partial charge in [-0.15, -0.1) is 0 Å². The van der Waals surface area contributed by atoms with E-state index in [0.717, 1.165) is 18.2 Å². The monoisotopic (exact) mass is 290 g/mol. The van der Waals surface area contributed by atoms with E-state index in [9.17, 15) is 4.79 Å². The summed E-state index contributed by atoms with van der Waals surface area (Å²) in [6, 6.07) is 6.12. The lowest BCUT2D eigenvalue weighted by atomic mass is 9.84. The molecule has 5 heteroatoms. The minimum Gasteiger partial charge on any atom is -0.298 e. The van der Waals surface area contributed by atoms with Crippen molar-refractivity contribution in [3.05, 3.63) is 29.6 Å². The summed E-state index contributed by atoms with van der Waals surface area (Å²) in [6.45, 7) is 3.06. The zero-order valence-electron chi connectivity index (χ0n) is 13.0. The van der Waals surface area contributed by atoms with Crippen molar-refractivity contribution in [2.45, 2.75) is 51.6 Å². The second kappa shape index (κ2) is 7.52. The van der Waals surface area contributed by atoms with Gasteiger partial charge >= 0.3 is 0 Å². The molecule has 5 nitrogen and oxygen atoms in total. The van der Waals surface area contributed by atoms with Crippen LogP contribution in [0, 0.1) is 5.92 Å². The number of nitrogens with one attached hydrogen (secondary N) is 1. The molecule has 21 heavy (non-hydrogen) atoms. The molecule has 0 unspecified atom stereocenters. The molecule has 0 atom stereocenters. The molecule has 1 aliphatic rings. The number of carbonyl (C=O) groups is 1. The first kappa shape index (κ1) is 15.9. The molecular weight excluding hydrogens is 264 g/mol. The van der Waals surface area contributed by atoms with Gasteiger partial charge in [0.15, 0.2) is 0 Å². The number of hydrogen-bond acceptors (Lipinski definition) is 4. The Morgan fingerprint density at radius 3 is 2.71 bits per heavy atom. The van der Waals surface area contributed by atoms with Crippen molar-refractivity contribution >= 4 is 5.91 Å². The van der Waals surface area contributed by atoms with E-state index in [1.165, 1.54) is 32.1 Å². The molecule has 1 aromatic heterocycles. The summed E-state index contributed by atoms with van der Waals surface area (Å²) >= 11 is 0. The Bertz CT molecular complexity index is 469. The molecule has 1 saturated carbocycles. The van der Waals surface area contributed by atoms with E-state index in [-0.39, 0.29) is 5.91 Å². The van der Waals surface area contributed by atoms with Crippen molar-refractivity contribution in [2.75, 3.05) is 7.05 Å². The van der Waals surface area contributed by atoms with Crippen LogP contribution in [0.1, 0.15) is 55.2 Å². The van der Waals surface area contributed by atoms with Gasteiger partial charge < -0.3 is 0 Å². The summed E-state index contributed by atoms with van der Waals surface area (Å²) in [5, 5.41) is 0. The molecule has 116 valence electrons. The van der Waals surface area contributed by atoms with E-state index in [2.05, 4.69) is 29.3 Å². The molecule has 0 radical (unpaired) electrons. The number of nitrogen functional groups attached to an aromatic ring is 1. The van der Waals surface area contributed by atoms with Gasteiger partial charge in [-0.1, -0.05) is 19.4 Å². The van der Waals surface area contributed by atoms with E-state index >= 15 is 0 Å². The standard InChI is InChI=1S/C16H26N4O/c1-3-12-7-9-14(10-8-12)20(2)11-13-5-4-6-15(18-13)16(21)19-17/h4-6,12,14H,3,7-11,17H2,1-2H3,(H,19,21). The van der Waals surface area contributed by atoms with Gasteiger partial charge in [-0.25, -0.2) is 10.8 Å². The van der Waals surface area contributed by atoms with Crippen LogP contribution in [0.25, 0.3) is 0 Å². The molecule has 3 N–H and O–H groups in total. The maximum atomic E-state index is 11.5. The average Bonchev–Trinajstić information content (AvgIpc) is 2.54. The number of nitrogens with zero attached hydrogens (tertiary/aromatic N) is 2. The number of aromatic nitrogens is 1. The van der Waals surface area contributed by atoms with Crippen molar-refractivity contribution in [1.82, 2.24) is 15.3 Å². The molecule has 1 aliphatic carbocycles. The predicted molar refractivity (Wildman–Crippen MR) is 83.4 cm³/mol.